The van der Waals surface area contributed by atoms with Crippen LogP contribution in [0.4, 0.5) is 23.2 Å². The van der Waals surface area contributed by atoms with Crippen LogP contribution >= 0.6 is 11.6 Å². The molecule has 0 radical (unpaired) electrons. The molecule has 1 N–H and O–H groups in total. The van der Waals surface area contributed by atoms with Crippen molar-refractivity contribution in [3.05, 3.63) is 75.8 Å². The summed E-state index contributed by atoms with van der Waals surface area (Å²) < 4.78 is 66.5. The molecule has 0 aliphatic heterocycles. The van der Waals surface area contributed by atoms with Gasteiger partial charge in [-0.1, -0.05) is 17.7 Å². The second kappa shape index (κ2) is 8.16. The lowest BCUT2D eigenvalue weighted by molar-refractivity contribution is 0.101. The molecule has 0 fully saturated rings. The van der Waals surface area contributed by atoms with Gasteiger partial charge >= 0.3 is 0 Å². The monoisotopic (exact) mass is 464 g/mol. The topological polar surface area (TPSA) is 64.4 Å². The van der Waals surface area contributed by atoms with Crippen LogP contribution < -0.4 is 10.1 Å². The van der Waals surface area contributed by atoms with E-state index in [0.29, 0.717) is 27.2 Å². The highest BCUT2D eigenvalue weighted by atomic mass is 35.5. The second-order valence-corrected chi connectivity index (χ2v) is 7.22. The predicted octanol–water partition coefficient (Wildman–Crippen LogP) is 6.27. The first kappa shape index (κ1) is 21.6. The molecule has 3 aromatic carbocycles. The van der Waals surface area contributed by atoms with Crippen LogP contribution in [0.3, 0.4) is 0 Å². The first-order valence-electron chi connectivity index (χ1n) is 9.09. The summed E-state index contributed by atoms with van der Waals surface area (Å²) in [6.45, 7) is 1.62. The Morgan fingerprint density at radius 1 is 1.03 bits per heavy atom. The summed E-state index contributed by atoms with van der Waals surface area (Å²) in [7, 11) is 0.842. The summed E-state index contributed by atoms with van der Waals surface area (Å²) in [6, 6.07) is 9.60. The number of aromatic nitrogens is 1. The van der Waals surface area contributed by atoms with Crippen molar-refractivity contribution in [2.75, 3.05) is 12.4 Å². The smallest absolute Gasteiger partial charge is 0.261 e. The van der Waals surface area contributed by atoms with Gasteiger partial charge in [0.05, 0.1) is 7.11 Å². The zero-order valence-electron chi connectivity index (χ0n) is 16.5. The van der Waals surface area contributed by atoms with Gasteiger partial charge in [0, 0.05) is 16.3 Å². The maximum atomic E-state index is 14.3. The molecule has 0 spiro atoms. The van der Waals surface area contributed by atoms with Gasteiger partial charge in [-0.3, -0.25) is 4.79 Å². The van der Waals surface area contributed by atoms with Crippen LogP contribution in [0.2, 0.25) is 5.02 Å². The van der Waals surface area contributed by atoms with Gasteiger partial charge in [-0.2, -0.15) is 8.78 Å². The zero-order chi connectivity index (χ0) is 23.2. The summed E-state index contributed by atoms with van der Waals surface area (Å²) in [6.07, 6.45) is 0. The lowest BCUT2D eigenvalue weighted by atomic mass is 10.1. The maximum Gasteiger partial charge on any atom is 0.261 e. The second-order valence-electron chi connectivity index (χ2n) is 6.78. The number of hydrogen-bond donors (Lipinski definition) is 1. The van der Waals surface area contributed by atoms with Gasteiger partial charge in [0.15, 0.2) is 23.0 Å². The Hall–Kier alpha value is -3.59. The van der Waals surface area contributed by atoms with Gasteiger partial charge < -0.3 is 14.5 Å². The van der Waals surface area contributed by atoms with Gasteiger partial charge in [-0.15, -0.1) is 0 Å². The van der Waals surface area contributed by atoms with Gasteiger partial charge in [0.2, 0.25) is 17.5 Å². The molecule has 0 bridgehead atoms. The summed E-state index contributed by atoms with van der Waals surface area (Å²) in [5.41, 5.74) is 0.643. The first-order valence-corrected chi connectivity index (χ1v) is 9.47. The third-order valence-corrected chi connectivity index (χ3v) is 4.97. The molecule has 1 heterocycles. The van der Waals surface area contributed by atoms with E-state index in [-0.39, 0.29) is 11.6 Å². The fraction of sp³-hybridized carbons (Fsp3) is 0.0909. The van der Waals surface area contributed by atoms with Crippen LogP contribution in [-0.4, -0.2) is 18.0 Å². The van der Waals surface area contributed by atoms with Crippen molar-refractivity contribution in [1.29, 1.82) is 0 Å². The van der Waals surface area contributed by atoms with E-state index in [1.54, 1.807) is 37.3 Å². The van der Waals surface area contributed by atoms with E-state index in [1.165, 1.54) is 6.07 Å². The van der Waals surface area contributed by atoms with Crippen LogP contribution in [0.1, 0.15) is 15.9 Å². The van der Waals surface area contributed by atoms with Crippen molar-refractivity contribution in [3.8, 4) is 17.2 Å². The number of nitrogens with one attached hydrogen (secondary N) is 1. The highest BCUT2D eigenvalue weighted by Crippen LogP contribution is 2.32. The molecule has 0 atom stereocenters. The van der Waals surface area contributed by atoms with Gasteiger partial charge in [-0.05, 0) is 42.8 Å². The third-order valence-electron chi connectivity index (χ3n) is 4.74. The molecule has 10 heteroatoms. The van der Waals surface area contributed by atoms with Crippen molar-refractivity contribution < 1.29 is 31.5 Å². The number of hydrogen-bond acceptors (Lipinski definition) is 4. The molecule has 1 amide bonds. The van der Waals surface area contributed by atoms with E-state index in [1.807, 2.05) is 0 Å². The number of anilines is 1. The fourth-order valence-electron chi connectivity index (χ4n) is 3.09. The lowest BCUT2D eigenvalue weighted by Crippen LogP contribution is -2.19. The Balaban J connectivity index is 1.72. The molecule has 32 heavy (non-hydrogen) atoms. The molecule has 4 rings (SSSR count). The highest BCUT2D eigenvalue weighted by molar-refractivity contribution is 6.31. The van der Waals surface area contributed by atoms with Gasteiger partial charge in [0.1, 0.15) is 11.1 Å². The number of methoxy groups -OCH3 is 1. The molecule has 0 aliphatic carbocycles. The van der Waals surface area contributed by atoms with E-state index in [4.69, 9.17) is 16.0 Å². The average molecular weight is 465 g/mol. The Morgan fingerprint density at radius 2 is 1.72 bits per heavy atom. The van der Waals surface area contributed by atoms with E-state index in [9.17, 15) is 22.4 Å². The summed E-state index contributed by atoms with van der Waals surface area (Å²) >= 11 is 5.95. The highest BCUT2D eigenvalue weighted by Gasteiger charge is 2.30. The normalized spacial score (nSPS) is 11.1. The molecular formula is C22H13ClF4N2O3. The van der Waals surface area contributed by atoms with Crippen molar-refractivity contribution in [1.82, 2.24) is 4.98 Å². The summed E-state index contributed by atoms with van der Waals surface area (Å²) in [4.78, 5) is 16.8. The van der Waals surface area contributed by atoms with Crippen LogP contribution in [0.5, 0.6) is 5.75 Å². The molecule has 0 saturated heterocycles. The van der Waals surface area contributed by atoms with Crippen molar-refractivity contribution in [2.24, 2.45) is 0 Å². The Morgan fingerprint density at radius 3 is 2.38 bits per heavy atom. The fourth-order valence-corrected chi connectivity index (χ4v) is 3.26. The molecule has 5 nitrogen and oxygen atoms in total. The number of amides is 1. The minimum absolute atomic E-state index is 0.128. The Labute approximate surface area is 183 Å². The van der Waals surface area contributed by atoms with Crippen molar-refractivity contribution in [3.63, 3.8) is 0 Å². The van der Waals surface area contributed by atoms with E-state index in [2.05, 4.69) is 15.0 Å². The zero-order valence-corrected chi connectivity index (χ0v) is 17.3. The maximum absolute atomic E-state index is 14.3. The number of rotatable bonds is 4. The number of ether oxygens (including phenoxy) is 1. The number of nitrogens with zero attached hydrogens (tertiary/aromatic N) is 1. The number of carbonyl (C=O) groups is 1. The van der Waals surface area contributed by atoms with Crippen LogP contribution in [0.25, 0.3) is 22.6 Å². The standard InChI is InChI=1S/C22H13ClF4N2O3/c1-9-3-4-10(22-29-13-8-11(23)5-6-14(13)32-22)7-12(9)28-21(30)15-16(24)18(26)20(31-2)19(27)17(15)25/h3-8H,1-2H3,(H,28,30). The van der Waals surface area contributed by atoms with E-state index in [0.717, 1.165) is 7.11 Å². The van der Waals surface area contributed by atoms with Gasteiger partial charge in [-0.25, -0.2) is 13.8 Å². The number of benzene rings is 3. The number of carbonyl (C=O) groups excluding carboxylic acids is 1. The summed E-state index contributed by atoms with van der Waals surface area (Å²) in [5.74, 6) is -9.81. The number of fused-ring (bicyclic) bond motifs is 1. The molecule has 0 saturated carbocycles. The number of halogens is 5. The number of oxazole rings is 1. The minimum atomic E-state index is -1.87. The predicted molar refractivity (Wildman–Crippen MR) is 110 cm³/mol. The Kier molecular flexibility index (Phi) is 5.52. The quantitative estimate of drug-likeness (QED) is 0.285. The van der Waals surface area contributed by atoms with Crippen LogP contribution in [-0.2, 0) is 0 Å². The van der Waals surface area contributed by atoms with Crippen molar-refractivity contribution in [2.45, 2.75) is 6.92 Å². The van der Waals surface area contributed by atoms with Gasteiger partial charge in [0.25, 0.3) is 5.91 Å². The minimum Gasteiger partial charge on any atom is -0.491 e. The van der Waals surface area contributed by atoms with Crippen LogP contribution in [0, 0.1) is 30.2 Å². The first-order chi connectivity index (χ1) is 15.2. The SMILES string of the molecule is COc1c(F)c(F)c(C(=O)Nc2cc(-c3nc4cc(Cl)ccc4o3)ccc2C)c(F)c1F. The molecule has 4 aromatic rings. The lowest BCUT2D eigenvalue weighted by Gasteiger charge is -2.13. The van der Waals surface area contributed by atoms with E-state index < -0.39 is 40.5 Å². The van der Waals surface area contributed by atoms with Crippen LogP contribution in [0.15, 0.2) is 40.8 Å². The molecule has 0 unspecified atom stereocenters. The average Bonchev–Trinajstić information content (AvgIpc) is 3.17. The largest absolute Gasteiger partial charge is 0.491 e. The molecule has 1 aromatic heterocycles. The Bertz CT molecular complexity index is 1360. The third kappa shape index (κ3) is 3.64. The molecular weight excluding hydrogens is 452 g/mol. The molecule has 164 valence electrons. The molecule has 0 aliphatic rings. The van der Waals surface area contributed by atoms with Crippen molar-refractivity contribution >= 4 is 34.3 Å². The number of aryl methyl sites for hydroxylation is 1. The summed E-state index contributed by atoms with van der Waals surface area (Å²) in [5, 5.41) is 2.74. The van der Waals surface area contributed by atoms with E-state index >= 15 is 0 Å².